The van der Waals surface area contributed by atoms with Crippen LogP contribution in [0.1, 0.15) is 128 Å². The number of amides is 7. The van der Waals surface area contributed by atoms with Crippen LogP contribution in [-0.2, 0) is 104 Å². The summed E-state index contributed by atoms with van der Waals surface area (Å²) < 4.78 is 77.5. The van der Waals surface area contributed by atoms with Gasteiger partial charge in [0.2, 0.25) is 41.4 Å². The number of carbonyl (C=O) groups excluding carboxylic acids is 8. The highest BCUT2D eigenvalue weighted by Crippen LogP contribution is 2.46. The average molecular weight is 1410 g/mol. The molecule has 7 amide bonds. The van der Waals surface area contributed by atoms with Gasteiger partial charge in [-0.1, -0.05) is 75.4 Å². The van der Waals surface area contributed by atoms with Gasteiger partial charge in [-0.15, -0.1) is 0 Å². The minimum Gasteiger partial charge on any atom is -0.458 e. The Hall–Kier alpha value is -8.88. The van der Waals surface area contributed by atoms with Gasteiger partial charge in [-0.25, -0.2) is 14.2 Å². The van der Waals surface area contributed by atoms with Crippen LogP contribution in [0.3, 0.4) is 0 Å². The molecule has 538 valence electrons. The Morgan fingerprint density at radius 1 is 0.770 bits per heavy atom. The number of cyclic esters (lactones) is 1. The van der Waals surface area contributed by atoms with Crippen molar-refractivity contribution in [2.24, 2.45) is 11.7 Å². The Balaban J connectivity index is 0.654. The van der Waals surface area contributed by atoms with E-state index in [4.69, 9.17) is 34.4 Å². The van der Waals surface area contributed by atoms with Crippen LogP contribution >= 0.6 is 0 Å². The van der Waals surface area contributed by atoms with Crippen LogP contribution in [-0.4, -0.2) is 171 Å². The van der Waals surface area contributed by atoms with Crippen LogP contribution in [0.5, 0.6) is 0 Å². The second-order valence-electron chi connectivity index (χ2n) is 25.3. The van der Waals surface area contributed by atoms with Crippen molar-refractivity contribution in [3.63, 3.8) is 0 Å². The molecule has 5 aromatic rings. The Labute approximate surface area is 577 Å². The quantitative estimate of drug-likeness (QED) is 0.0157. The van der Waals surface area contributed by atoms with E-state index in [1.807, 2.05) is 60.7 Å². The average Bonchev–Trinajstić information content (AvgIpc) is 1.50. The van der Waals surface area contributed by atoms with E-state index in [9.17, 15) is 61.2 Å². The first kappa shape index (κ1) is 75.3. The van der Waals surface area contributed by atoms with Crippen molar-refractivity contribution in [1.29, 1.82) is 0 Å². The first-order chi connectivity index (χ1) is 47.9. The number of esters is 1. The molecule has 2 aromatic heterocycles. The summed E-state index contributed by atoms with van der Waals surface area (Å²) in [5.74, 6) is -7.14. The van der Waals surface area contributed by atoms with Crippen molar-refractivity contribution in [2.75, 3.05) is 83.1 Å². The number of benzene rings is 3. The highest BCUT2D eigenvalue weighted by molar-refractivity contribution is 7.85. The molecule has 0 fully saturated rings. The van der Waals surface area contributed by atoms with Gasteiger partial charge in [-0.2, -0.15) is 8.42 Å². The fraction of sp³-hybridized carbons (Fsp3) is 0.486. The number of aromatic nitrogens is 2. The lowest BCUT2D eigenvalue weighted by Crippen LogP contribution is -2.56. The number of carbonyl (C=O) groups is 8. The monoisotopic (exact) mass is 1410 g/mol. The summed E-state index contributed by atoms with van der Waals surface area (Å²) in [7, 11) is -4.71. The van der Waals surface area contributed by atoms with E-state index in [0.29, 0.717) is 82.5 Å². The SMILES string of the molecule is CC[C@@]1(O)C(=O)OCc2c1cc1n(c2=O)Cc2c-1nc1cc(F)c(C)c3c1c2[C@@H](NC(=O)CNC(=O)[C@H](CCCCN)NC(=O)[C@@H](NC(=O)CCOCCOCCOCCOCCC(=O)NC(CS(=O)(=O)O)C(=O)NCCC(=O)N1Cc2ccccc2/C=C\c2ccccc21)C(C)C)CC3. The molecule has 9 rings (SSSR count). The van der Waals surface area contributed by atoms with Crippen molar-refractivity contribution in [3.05, 3.63) is 127 Å². The summed E-state index contributed by atoms with van der Waals surface area (Å²) >= 11 is 0. The third kappa shape index (κ3) is 18.6. The molecule has 10 N–H and O–H groups in total. The first-order valence-electron chi connectivity index (χ1n) is 33.6. The van der Waals surface area contributed by atoms with Crippen LogP contribution in [0.15, 0.2) is 65.5 Å². The normalized spacial score (nSPS) is 17.0. The van der Waals surface area contributed by atoms with Crippen LogP contribution < -0.4 is 48.1 Å². The zero-order chi connectivity index (χ0) is 71.8. The highest BCUT2D eigenvalue weighted by atomic mass is 32.2. The first-order valence-corrected chi connectivity index (χ1v) is 35.2. The molecule has 1 aliphatic carbocycles. The summed E-state index contributed by atoms with van der Waals surface area (Å²) in [5, 5.41) is 28.1. The van der Waals surface area contributed by atoms with Crippen molar-refractivity contribution < 1.29 is 84.5 Å². The number of para-hydroxylation sites is 1. The van der Waals surface area contributed by atoms with E-state index >= 15 is 4.39 Å². The number of halogens is 1. The minimum atomic E-state index is -4.71. The third-order valence-corrected chi connectivity index (χ3v) is 18.8. The number of pyridine rings is 2. The van der Waals surface area contributed by atoms with Crippen LogP contribution in [0.4, 0.5) is 10.1 Å². The van der Waals surface area contributed by atoms with Crippen LogP contribution in [0, 0.1) is 18.7 Å². The maximum Gasteiger partial charge on any atom is 0.343 e. The molecule has 3 aromatic carbocycles. The van der Waals surface area contributed by atoms with Gasteiger partial charge >= 0.3 is 5.97 Å². The molecule has 0 saturated carbocycles. The topological polar surface area (TPSA) is 394 Å². The van der Waals surface area contributed by atoms with E-state index in [-0.39, 0.29) is 128 Å². The highest BCUT2D eigenvalue weighted by Gasteiger charge is 2.46. The van der Waals surface area contributed by atoms with E-state index in [0.717, 1.165) is 16.7 Å². The van der Waals surface area contributed by atoms with E-state index < -0.39 is 111 Å². The maximum absolute atomic E-state index is 15.5. The molecule has 5 heterocycles. The number of nitrogens with zero attached hydrogens (tertiary/aromatic N) is 3. The molecule has 1 unspecified atom stereocenters. The van der Waals surface area contributed by atoms with E-state index in [2.05, 4.69) is 31.9 Å². The van der Waals surface area contributed by atoms with Crippen molar-refractivity contribution >= 4 is 86.2 Å². The van der Waals surface area contributed by atoms with Gasteiger partial charge in [-0.05, 0) is 103 Å². The Bertz CT molecular complexity index is 4110. The van der Waals surface area contributed by atoms with E-state index in [1.165, 1.54) is 10.6 Å². The van der Waals surface area contributed by atoms with Gasteiger partial charge in [0.05, 0.1) is 107 Å². The third-order valence-electron chi connectivity index (χ3n) is 18.1. The molecule has 0 spiro atoms. The lowest BCUT2D eigenvalue weighted by molar-refractivity contribution is -0.172. The molecule has 0 bridgehead atoms. The second kappa shape index (κ2) is 34.5. The predicted octanol–water partition coefficient (Wildman–Crippen LogP) is 2.94. The standard InChI is InChI=1S/C70H87FN10O18S/c1-5-70(91)49-34-56-64-47(38-81(56)68(89)48(49)39-99-69(70)90)62-51(20-19-46-42(4)50(71)35-53(77-64)61(46)62)75-59(84)36-74-65(86)52(15-10-11-24-72)78-67(88)63(41(2)3)79-58(83)23-27-96-29-31-98-33-32-97-30-28-95-26-22-57(82)76-54(40-100(92,93)94)66(87)73-25-21-60(85)80-37-45-14-7-6-12-43(45)17-18-44-13-8-9-16-55(44)80/h6-9,12-14,16-18,34-35,41,51-52,54,63,91H,5,10-11,15,19-33,36-40,72H2,1-4H3,(H,73,87)(H,74,86)(H,75,84)(H,76,82)(H,78,88)(H,79,83)(H,92,93,94)/b18-17-/t51-,52-,54?,63-,70-/m0/s1. The number of aryl methyl sites for hydroxylation is 1. The number of ether oxygens (including phenoxy) is 5. The number of hydrogen-bond acceptors (Lipinski definition) is 19. The lowest BCUT2D eigenvalue weighted by Gasteiger charge is -2.31. The summed E-state index contributed by atoms with van der Waals surface area (Å²) in [5.41, 5.74) is 10.1. The number of nitrogens with one attached hydrogen (secondary N) is 6. The Kier molecular flexibility index (Phi) is 26.0. The molecular weight excluding hydrogens is 1320 g/mol. The number of nitrogens with two attached hydrogens (primary N) is 1. The van der Waals surface area contributed by atoms with Gasteiger partial charge in [0, 0.05) is 48.4 Å². The number of hydrogen-bond donors (Lipinski definition) is 9. The molecule has 30 heteroatoms. The summed E-state index contributed by atoms with van der Waals surface area (Å²) in [6.45, 7) is 7.15. The van der Waals surface area contributed by atoms with Gasteiger partial charge in [0.15, 0.2) is 5.60 Å². The van der Waals surface area contributed by atoms with Crippen LogP contribution in [0.2, 0.25) is 0 Å². The second-order valence-corrected chi connectivity index (χ2v) is 26.8. The van der Waals surface area contributed by atoms with Crippen molar-refractivity contribution in [2.45, 2.75) is 135 Å². The number of fused-ring (bicyclic) bond motifs is 7. The summed E-state index contributed by atoms with van der Waals surface area (Å²) in [6.07, 6.45) is 5.21. The molecule has 5 atom stereocenters. The molecule has 3 aliphatic heterocycles. The fourth-order valence-corrected chi connectivity index (χ4v) is 13.4. The van der Waals surface area contributed by atoms with Gasteiger partial charge < -0.3 is 75.9 Å². The molecular formula is C70H87FN10O18S. The zero-order valence-electron chi connectivity index (χ0n) is 56.4. The number of rotatable bonds is 35. The Morgan fingerprint density at radius 2 is 1.41 bits per heavy atom. The number of anilines is 1. The van der Waals surface area contributed by atoms with Gasteiger partial charge in [0.25, 0.3) is 15.7 Å². The van der Waals surface area contributed by atoms with Crippen molar-refractivity contribution in [1.82, 2.24) is 41.5 Å². The molecule has 100 heavy (non-hydrogen) atoms. The smallest absolute Gasteiger partial charge is 0.343 e. The largest absolute Gasteiger partial charge is 0.458 e. The van der Waals surface area contributed by atoms with E-state index in [1.54, 1.807) is 38.7 Å². The molecule has 28 nitrogen and oxygen atoms in total. The minimum absolute atomic E-state index is 0.00106. The number of unbranched alkanes of at least 4 members (excludes halogenated alkanes) is 1. The fourth-order valence-electron chi connectivity index (χ4n) is 12.7. The molecule has 4 aliphatic rings. The number of aliphatic hydroxyl groups is 1. The van der Waals surface area contributed by atoms with Crippen LogP contribution in [0.25, 0.3) is 34.4 Å². The van der Waals surface area contributed by atoms with Gasteiger partial charge in [-0.3, -0.25) is 42.9 Å². The predicted molar refractivity (Wildman–Crippen MR) is 365 cm³/mol. The zero-order valence-corrected chi connectivity index (χ0v) is 57.2. The molecule has 0 radical (unpaired) electrons. The lowest BCUT2D eigenvalue weighted by atomic mass is 9.81. The van der Waals surface area contributed by atoms with Gasteiger partial charge in [0.1, 0.15) is 36.3 Å². The Morgan fingerprint density at radius 3 is 2.08 bits per heavy atom. The summed E-state index contributed by atoms with van der Waals surface area (Å²) in [6, 6.07) is 13.4. The maximum atomic E-state index is 15.5. The molecule has 0 saturated heterocycles. The summed E-state index contributed by atoms with van der Waals surface area (Å²) in [4.78, 5) is 128. The van der Waals surface area contributed by atoms with Crippen molar-refractivity contribution in [3.8, 4) is 11.4 Å².